The molecule has 0 saturated carbocycles. The lowest BCUT2D eigenvalue weighted by Gasteiger charge is -2.23. The number of benzene rings is 2. The van der Waals surface area contributed by atoms with Gasteiger partial charge >= 0.3 is 0 Å². The number of halogens is 3. The maximum atomic E-state index is 14.3. The molecule has 1 unspecified atom stereocenters. The topological polar surface area (TPSA) is 12.0 Å². The Labute approximate surface area is 142 Å². The highest BCUT2D eigenvalue weighted by molar-refractivity contribution is 9.10. The molecule has 1 atom stereocenters. The standard InChI is InChI=1S/C17H18Br2FN/c1-3-9-21-17(13-5-4-6-15(19)11(13)2)14-10-12(18)7-8-16(14)20/h4-8,10,17,21H,3,9H2,1-2H3. The third-order valence-electron chi connectivity index (χ3n) is 3.49. The predicted octanol–water partition coefficient (Wildman–Crippen LogP) is 5.75. The minimum absolute atomic E-state index is 0.153. The highest BCUT2D eigenvalue weighted by Crippen LogP contribution is 2.31. The van der Waals surface area contributed by atoms with E-state index in [1.54, 1.807) is 6.07 Å². The summed E-state index contributed by atoms with van der Waals surface area (Å²) in [6.07, 6.45) is 0.999. The number of rotatable bonds is 5. The van der Waals surface area contributed by atoms with Crippen LogP contribution in [0, 0.1) is 12.7 Å². The monoisotopic (exact) mass is 413 g/mol. The van der Waals surface area contributed by atoms with Gasteiger partial charge in [0.2, 0.25) is 0 Å². The van der Waals surface area contributed by atoms with Crippen LogP contribution in [0.25, 0.3) is 0 Å². The molecular formula is C17H18Br2FN. The number of hydrogen-bond donors (Lipinski definition) is 1. The van der Waals surface area contributed by atoms with Gasteiger partial charge in [-0.2, -0.15) is 0 Å². The average molecular weight is 415 g/mol. The molecule has 0 amide bonds. The zero-order valence-electron chi connectivity index (χ0n) is 12.1. The molecule has 0 aliphatic rings. The zero-order chi connectivity index (χ0) is 15.4. The van der Waals surface area contributed by atoms with Gasteiger partial charge in [-0.25, -0.2) is 4.39 Å². The lowest BCUT2D eigenvalue weighted by atomic mass is 9.94. The summed E-state index contributed by atoms with van der Waals surface area (Å²) in [5.74, 6) is -0.189. The highest BCUT2D eigenvalue weighted by Gasteiger charge is 2.20. The second-order valence-corrected chi connectivity index (χ2v) is 6.78. The second-order valence-electron chi connectivity index (χ2n) is 5.01. The first kappa shape index (κ1) is 16.7. The molecule has 2 aromatic carbocycles. The van der Waals surface area contributed by atoms with Crippen LogP contribution in [0.2, 0.25) is 0 Å². The molecule has 0 radical (unpaired) electrons. The summed E-state index contributed by atoms with van der Waals surface area (Å²) in [6, 6.07) is 11.0. The van der Waals surface area contributed by atoms with Gasteiger partial charge in [0, 0.05) is 14.5 Å². The van der Waals surface area contributed by atoms with E-state index in [1.165, 1.54) is 6.07 Å². The van der Waals surface area contributed by atoms with E-state index in [2.05, 4.69) is 51.0 Å². The third-order valence-corrected chi connectivity index (χ3v) is 4.84. The fourth-order valence-corrected chi connectivity index (χ4v) is 3.11. The summed E-state index contributed by atoms with van der Waals surface area (Å²) in [5, 5.41) is 3.46. The Bertz CT molecular complexity index is 626. The molecular weight excluding hydrogens is 397 g/mol. The smallest absolute Gasteiger partial charge is 0.128 e. The first-order valence-electron chi connectivity index (χ1n) is 6.98. The van der Waals surface area contributed by atoms with Crippen molar-refractivity contribution in [1.29, 1.82) is 0 Å². The van der Waals surface area contributed by atoms with E-state index >= 15 is 0 Å². The summed E-state index contributed by atoms with van der Waals surface area (Å²) >= 11 is 6.99. The fourth-order valence-electron chi connectivity index (χ4n) is 2.35. The van der Waals surface area contributed by atoms with E-state index in [9.17, 15) is 4.39 Å². The van der Waals surface area contributed by atoms with Crippen LogP contribution < -0.4 is 5.32 Å². The van der Waals surface area contributed by atoms with Gasteiger partial charge in [0.05, 0.1) is 6.04 Å². The van der Waals surface area contributed by atoms with Gasteiger partial charge in [-0.15, -0.1) is 0 Å². The van der Waals surface area contributed by atoms with Crippen molar-refractivity contribution in [1.82, 2.24) is 5.32 Å². The Hall–Kier alpha value is -0.710. The summed E-state index contributed by atoms with van der Waals surface area (Å²) in [6.45, 7) is 4.99. The van der Waals surface area contributed by atoms with Crippen molar-refractivity contribution in [2.24, 2.45) is 0 Å². The van der Waals surface area contributed by atoms with Crippen molar-refractivity contribution < 1.29 is 4.39 Å². The molecule has 112 valence electrons. The van der Waals surface area contributed by atoms with Crippen molar-refractivity contribution in [2.75, 3.05) is 6.54 Å². The van der Waals surface area contributed by atoms with E-state index in [0.29, 0.717) is 5.56 Å². The Kier molecular flexibility index (Phi) is 5.97. The molecule has 4 heteroatoms. The van der Waals surface area contributed by atoms with Gasteiger partial charge in [0.15, 0.2) is 0 Å². The van der Waals surface area contributed by atoms with Crippen molar-refractivity contribution in [3.8, 4) is 0 Å². The number of hydrogen-bond acceptors (Lipinski definition) is 1. The zero-order valence-corrected chi connectivity index (χ0v) is 15.3. The molecule has 0 aliphatic heterocycles. The van der Waals surface area contributed by atoms with Gasteiger partial charge in [0.1, 0.15) is 5.82 Å². The molecule has 2 aromatic rings. The van der Waals surface area contributed by atoms with E-state index < -0.39 is 0 Å². The van der Waals surface area contributed by atoms with Gasteiger partial charge in [-0.3, -0.25) is 0 Å². The Morgan fingerprint density at radius 2 is 1.90 bits per heavy atom. The molecule has 0 saturated heterocycles. The normalized spacial score (nSPS) is 12.4. The van der Waals surface area contributed by atoms with Crippen LogP contribution in [0.3, 0.4) is 0 Å². The van der Waals surface area contributed by atoms with Crippen molar-refractivity contribution in [3.63, 3.8) is 0 Å². The van der Waals surface area contributed by atoms with Gasteiger partial charge in [0.25, 0.3) is 0 Å². The maximum absolute atomic E-state index is 14.3. The van der Waals surface area contributed by atoms with Crippen LogP contribution in [0.1, 0.15) is 36.1 Å². The predicted molar refractivity (Wildman–Crippen MR) is 93.1 cm³/mol. The molecule has 21 heavy (non-hydrogen) atoms. The third kappa shape index (κ3) is 3.93. The fraction of sp³-hybridized carbons (Fsp3) is 0.294. The Balaban J connectivity index is 2.52. The van der Waals surface area contributed by atoms with E-state index in [4.69, 9.17) is 0 Å². The first-order chi connectivity index (χ1) is 10.0. The number of nitrogens with one attached hydrogen (secondary N) is 1. The molecule has 1 nitrogen and oxygen atoms in total. The van der Waals surface area contributed by atoms with Crippen LogP contribution in [0.5, 0.6) is 0 Å². The first-order valence-corrected chi connectivity index (χ1v) is 8.56. The summed E-state index contributed by atoms with van der Waals surface area (Å²) in [4.78, 5) is 0. The van der Waals surface area contributed by atoms with Gasteiger partial charge in [-0.1, -0.05) is 50.9 Å². The van der Waals surface area contributed by atoms with E-state index in [0.717, 1.165) is 33.0 Å². The summed E-state index contributed by atoms with van der Waals surface area (Å²) in [7, 11) is 0. The van der Waals surface area contributed by atoms with Crippen LogP contribution in [-0.4, -0.2) is 6.54 Å². The Morgan fingerprint density at radius 1 is 1.14 bits per heavy atom. The van der Waals surface area contributed by atoms with Crippen molar-refractivity contribution >= 4 is 31.9 Å². The minimum Gasteiger partial charge on any atom is -0.306 e. The molecule has 0 fully saturated rings. The minimum atomic E-state index is -0.189. The lowest BCUT2D eigenvalue weighted by molar-refractivity contribution is 0.545. The summed E-state index contributed by atoms with van der Waals surface area (Å²) in [5.41, 5.74) is 2.89. The molecule has 0 aromatic heterocycles. The van der Waals surface area contributed by atoms with Gasteiger partial charge in [-0.05, 0) is 55.3 Å². The average Bonchev–Trinajstić information content (AvgIpc) is 2.47. The SMILES string of the molecule is CCCNC(c1cc(Br)ccc1F)c1cccc(Br)c1C. The van der Waals surface area contributed by atoms with E-state index in [1.807, 2.05) is 24.3 Å². The van der Waals surface area contributed by atoms with Crippen LogP contribution in [0.4, 0.5) is 4.39 Å². The molecule has 2 rings (SSSR count). The molecule has 0 bridgehead atoms. The van der Waals surface area contributed by atoms with E-state index in [-0.39, 0.29) is 11.9 Å². The second kappa shape index (κ2) is 7.52. The van der Waals surface area contributed by atoms with Crippen molar-refractivity contribution in [3.05, 3.63) is 67.9 Å². The van der Waals surface area contributed by atoms with Gasteiger partial charge < -0.3 is 5.32 Å². The largest absolute Gasteiger partial charge is 0.306 e. The van der Waals surface area contributed by atoms with Crippen LogP contribution in [-0.2, 0) is 0 Å². The molecule has 0 spiro atoms. The lowest BCUT2D eigenvalue weighted by Crippen LogP contribution is -2.25. The quantitative estimate of drug-likeness (QED) is 0.656. The molecule has 1 N–H and O–H groups in total. The van der Waals surface area contributed by atoms with Crippen molar-refractivity contribution in [2.45, 2.75) is 26.3 Å². The maximum Gasteiger partial charge on any atom is 0.128 e. The van der Waals surface area contributed by atoms with Crippen LogP contribution >= 0.6 is 31.9 Å². The highest BCUT2D eigenvalue weighted by atomic mass is 79.9. The summed E-state index contributed by atoms with van der Waals surface area (Å²) < 4.78 is 16.2. The Morgan fingerprint density at radius 3 is 2.62 bits per heavy atom. The molecule has 0 heterocycles. The van der Waals surface area contributed by atoms with Crippen LogP contribution in [0.15, 0.2) is 45.3 Å². The molecule has 0 aliphatic carbocycles.